The van der Waals surface area contributed by atoms with Crippen LogP contribution < -0.4 is 0 Å². The molecular weight excluding hydrogens is 220 g/mol. The zero-order valence-corrected chi connectivity index (χ0v) is 9.61. The van der Waals surface area contributed by atoms with E-state index in [1.807, 2.05) is 13.8 Å². The van der Waals surface area contributed by atoms with E-state index in [1.165, 1.54) is 0 Å². The molecule has 3 heteroatoms. The molecule has 0 aromatic heterocycles. The largest absolute Gasteiger partial charge is 0.350 e. The molecule has 0 atom stereocenters. The van der Waals surface area contributed by atoms with Crippen molar-refractivity contribution in [3.63, 3.8) is 0 Å². The van der Waals surface area contributed by atoms with Crippen molar-refractivity contribution in [1.29, 1.82) is 0 Å². The summed E-state index contributed by atoms with van der Waals surface area (Å²) in [6.45, 7) is 7.68. The Labute approximate surface area is 82.7 Å². The summed E-state index contributed by atoms with van der Waals surface area (Å²) in [6, 6.07) is 0. The van der Waals surface area contributed by atoms with Gasteiger partial charge in [-0.2, -0.15) is 0 Å². The number of halogens is 1. The summed E-state index contributed by atoms with van der Waals surface area (Å²) in [5, 5.41) is 0.951. The fourth-order valence-electron chi connectivity index (χ4n) is 1.11. The molecule has 0 aromatic carbocycles. The molecule has 0 unspecified atom stereocenters. The molecule has 1 rings (SSSR count). The van der Waals surface area contributed by atoms with E-state index in [2.05, 4.69) is 22.9 Å². The molecule has 1 aliphatic rings. The maximum absolute atomic E-state index is 5.61. The Morgan fingerprint density at radius 2 is 1.75 bits per heavy atom. The Kier molecular flexibility index (Phi) is 3.18. The van der Waals surface area contributed by atoms with Crippen LogP contribution in [0, 0.1) is 5.41 Å². The molecule has 0 saturated carbocycles. The first-order valence-corrected chi connectivity index (χ1v) is 5.50. The van der Waals surface area contributed by atoms with Gasteiger partial charge in [0, 0.05) is 10.7 Å². The van der Waals surface area contributed by atoms with Gasteiger partial charge < -0.3 is 9.47 Å². The van der Waals surface area contributed by atoms with E-state index in [9.17, 15) is 0 Å². The molecule has 0 N–H and O–H groups in total. The highest BCUT2D eigenvalue weighted by atomic mass is 79.9. The molecule has 0 aliphatic carbocycles. The van der Waals surface area contributed by atoms with Crippen LogP contribution in [0.2, 0.25) is 0 Å². The third-order valence-corrected chi connectivity index (χ3v) is 3.67. The maximum Gasteiger partial charge on any atom is 0.162 e. The van der Waals surface area contributed by atoms with E-state index in [0.717, 1.165) is 25.0 Å². The second-order valence-corrected chi connectivity index (χ2v) is 4.53. The van der Waals surface area contributed by atoms with E-state index < -0.39 is 0 Å². The van der Waals surface area contributed by atoms with Gasteiger partial charge in [-0.25, -0.2) is 0 Å². The first-order valence-electron chi connectivity index (χ1n) is 4.37. The van der Waals surface area contributed by atoms with Crippen molar-refractivity contribution in [2.24, 2.45) is 5.41 Å². The third-order valence-electron chi connectivity index (χ3n) is 2.49. The standard InChI is InChI=1S/C9H17BrO2/c1-4-9(5-10)6-11-8(2,3)12-7-9/h4-7H2,1-3H3. The third kappa shape index (κ3) is 2.21. The molecule has 12 heavy (non-hydrogen) atoms. The van der Waals surface area contributed by atoms with E-state index >= 15 is 0 Å². The summed E-state index contributed by atoms with van der Waals surface area (Å²) in [4.78, 5) is 0. The van der Waals surface area contributed by atoms with Crippen LogP contribution in [0.4, 0.5) is 0 Å². The lowest BCUT2D eigenvalue weighted by molar-refractivity contribution is -0.281. The monoisotopic (exact) mass is 236 g/mol. The summed E-state index contributed by atoms with van der Waals surface area (Å²) in [6.07, 6.45) is 1.09. The molecule has 1 saturated heterocycles. The zero-order chi connectivity index (χ0) is 9.24. The quantitative estimate of drug-likeness (QED) is 0.687. The summed E-state index contributed by atoms with van der Waals surface area (Å²) in [7, 11) is 0. The average molecular weight is 237 g/mol. The maximum atomic E-state index is 5.61. The smallest absolute Gasteiger partial charge is 0.162 e. The molecule has 0 radical (unpaired) electrons. The van der Waals surface area contributed by atoms with Crippen molar-refractivity contribution in [2.75, 3.05) is 18.5 Å². The van der Waals surface area contributed by atoms with Crippen LogP contribution in [0.5, 0.6) is 0 Å². The highest BCUT2D eigenvalue weighted by Gasteiger charge is 2.37. The second kappa shape index (κ2) is 3.64. The van der Waals surface area contributed by atoms with Crippen molar-refractivity contribution >= 4 is 15.9 Å². The Morgan fingerprint density at radius 3 is 2.08 bits per heavy atom. The predicted molar refractivity (Wildman–Crippen MR) is 52.5 cm³/mol. The lowest BCUT2D eigenvalue weighted by atomic mass is 9.88. The molecule has 2 nitrogen and oxygen atoms in total. The normalized spacial score (nSPS) is 27.0. The number of alkyl halides is 1. The van der Waals surface area contributed by atoms with Crippen molar-refractivity contribution in [2.45, 2.75) is 33.0 Å². The van der Waals surface area contributed by atoms with Gasteiger partial charge in [-0.05, 0) is 20.3 Å². The van der Waals surface area contributed by atoms with E-state index in [0.29, 0.717) is 0 Å². The van der Waals surface area contributed by atoms with Gasteiger partial charge in [0.1, 0.15) is 0 Å². The molecule has 0 spiro atoms. The summed E-state index contributed by atoms with van der Waals surface area (Å²) in [5.74, 6) is -0.388. The Morgan fingerprint density at radius 1 is 1.25 bits per heavy atom. The SMILES string of the molecule is CCC1(CBr)COC(C)(C)OC1. The minimum Gasteiger partial charge on any atom is -0.350 e. The number of hydrogen-bond donors (Lipinski definition) is 0. The van der Waals surface area contributed by atoms with Gasteiger partial charge in [-0.15, -0.1) is 0 Å². The van der Waals surface area contributed by atoms with Crippen LogP contribution in [0.15, 0.2) is 0 Å². The zero-order valence-electron chi connectivity index (χ0n) is 8.02. The van der Waals surface area contributed by atoms with Crippen molar-refractivity contribution < 1.29 is 9.47 Å². The van der Waals surface area contributed by atoms with Gasteiger partial charge in [-0.1, -0.05) is 22.9 Å². The van der Waals surface area contributed by atoms with Crippen LogP contribution in [0.25, 0.3) is 0 Å². The van der Waals surface area contributed by atoms with Crippen LogP contribution in [-0.2, 0) is 9.47 Å². The summed E-state index contributed by atoms with van der Waals surface area (Å²) < 4.78 is 11.2. The minimum absolute atomic E-state index is 0.190. The van der Waals surface area contributed by atoms with E-state index in [-0.39, 0.29) is 11.2 Å². The molecule has 1 aliphatic heterocycles. The topological polar surface area (TPSA) is 18.5 Å². The first kappa shape index (κ1) is 10.5. The van der Waals surface area contributed by atoms with E-state index in [1.54, 1.807) is 0 Å². The lowest BCUT2D eigenvalue weighted by Crippen LogP contribution is -2.47. The van der Waals surface area contributed by atoms with Crippen molar-refractivity contribution in [3.05, 3.63) is 0 Å². The highest BCUT2D eigenvalue weighted by Crippen LogP contribution is 2.33. The number of rotatable bonds is 2. The van der Waals surface area contributed by atoms with Gasteiger partial charge in [0.2, 0.25) is 0 Å². The fourth-order valence-corrected chi connectivity index (χ4v) is 1.83. The predicted octanol–water partition coefficient (Wildman–Crippen LogP) is 2.56. The minimum atomic E-state index is -0.388. The molecule has 1 fully saturated rings. The van der Waals surface area contributed by atoms with Crippen LogP contribution >= 0.6 is 15.9 Å². The first-order chi connectivity index (χ1) is 5.54. The number of hydrogen-bond acceptors (Lipinski definition) is 2. The fraction of sp³-hybridized carbons (Fsp3) is 1.00. The molecule has 0 bridgehead atoms. The molecule has 0 amide bonds. The molecule has 1 heterocycles. The van der Waals surface area contributed by atoms with Crippen molar-refractivity contribution in [1.82, 2.24) is 0 Å². The van der Waals surface area contributed by atoms with Crippen LogP contribution in [-0.4, -0.2) is 24.3 Å². The van der Waals surface area contributed by atoms with Gasteiger partial charge >= 0.3 is 0 Å². The highest BCUT2D eigenvalue weighted by molar-refractivity contribution is 9.09. The summed E-state index contributed by atoms with van der Waals surface area (Å²) in [5.41, 5.74) is 0.190. The van der Waals surface area contributed by atoms with Gasteiger partial charge in [0.05, 0.1) is 13.2 Å². The second-order valence-electron chi connectivity index (χ2n) is 3.96. The Balaban J connectivity index is 2.53. The van der Waals surface area contributed by atoms with Gasteiger partial charge in [-0.3, -0.25) is 0 Å². The van der Waals surface area contributed by atoms with Gasteiger partial charge in [0.15, 0.2) is 5.79 Å². The van der Waals surface area contributed by atoms with E-state index in [4.69, 9.17) is 9.47 Å². The Bertz CT molecular complexity index is 141. The molecular formula is C9H17BrO2. The Hall–Kier alpha value is 0.400. The average Bonchev–Trinajstić information content (AvgIpc) is 2.06. The van der Waals surface area contributed by atoms with Crippen LogP contribution in [0.3, 0.4) is 0 Å². The molecule has 72 valence electrons. The lowest BCUT2D eigenvalue weighted by Gasteiger charge is -2.42. The molecule has 0 aromatic rings. The van der Waals surface area contributed by atoms with Crippen LogP contribution in [0.1, 0.15) is 27.2 Å². The van der Waals surface area contributed by atoms with Gasteiger partial charge in [0.25, 0.3) is 0 Å². The summed E-state index contributed by atoms with van der Waals surface area (Å²) >= 11 is 3.51. The van der Waals surface area contributed by atoms with Crippen molar-refractivity contribution in [3.8, 4) is 0 Å². The number of ether oxygens (including phenoxy) is 2.